The van der Waals surface area contributed by atoms with Gasteiger partial charge in [-0.3, -0.25) is 4.79 Å². The van der Waals surface area contributed by atoms with Crippen molar-refractivity contribution < 1.29 is 4.79 Å². The molecule has 0 aromatic heterocycles. The van der Waals surface area contributed by atoms with Crippen LogP contribution in [0, 0.1) is 0 Å². The fourth-order valence-electron chi connectivity index (χ4n) is 1.08. The van der Waals surface area contributed by atoms with Crippen molar-refractivity contribution >= 4 is 51.0 Å². The molecule has 0 saturated carbocycles. The highest BCUT2D eigenvalue weighted by molar-refractivity contribution is 14.1. The lowest BCUT2D eigenvalue weighted by Gasteiger charge is -1.96. The molecule has 1 aliphatic carbocycles. The number of alkyl halides is 2. The van der Waals surface area contributed by atoms with Gasteiger partial charge in [-0.1, -0.05) is 50.8 Å². The Balaban J connectivity index is 2.81. The van der Waals surface area contributed by atoms with Crippen molar-refractivity contribution in [2.45, 2.75) is 12.8 Å². The highest BCUT2D eigenvalue weighted by atomic mass is 127. The Bertz CT molecular complexity index is 184. The molecule has 1 aliphatic rings. The van der Waals surface area contributed by atoms with Gasteiger partial charge in [0.05, 0.1) is 0 Å². The van der Waals surface area contributed by atoms with Crippen molar-refractivity contribution in [1.82, 2.24) is 0 Å². The van der Waals surface area contributed by atoms with Gasteiger partial charge in [-0.25, -0.2) is 0 Å². The zero-order valence-electron chi connectivity index (χ0n) is 5.49. The van der Waals surface area contributed by atoms with Crippen molar-refractivity contribution in [1.29, 1.82) is 0 Å². The molecule has 1 rings (SSSR count). The van der Waals surface area contributed by atoms with E-state index < -0.39 is 0 Å². The number of allylic oxidation sites excluding steroid dienone is 2. The average molecular weight is 362 g/mol. The van der Waals surface area contributed by atoms with Crippen molar-refractivity contribution in [2.24, 2.45) is 0 Å². The lowest BCUT2D eigenvalue weighted by Crippen LogP contribution is -1.97. The lowest BCUT2D eigenvalue weighted by atomic mass is 10.2. The summed E-state index contributed by atoms with van der Waals surface area (Å²) in [7, 11) is 0. The van der Waals surface area contributed by atoms with Gasteiger partial charge in [-0.15, -0.1) is 0 Å². The van der Waals surface area contributed by atoms with E-state index in [0.717, 1.165) is 27.3 Å². The predicted molar refractivity (Wildman–Crippen MR) is 59.0 cm³/mol. The Kier molecular flexibility index (Phi) is 3.62. The Morgan fingerprint density at radius 2 is 1.90 bits per heavy atom. The Labute approximate surface area is 87.9 Å². The standard InChI is InChI=1S/C7H8I2O/c8-3-5-1-2-7(10)6(5)4-9/h1-4H2. The molecule has 0 fully saturated rings. The smallest absolute Gasteiger partial charge is 0.159 e. The van der Waals surface area contributed by atoms with Crippen LogP contribution in [0.1, 0.15) is 12.8 Å². The molecule has 0 saturated heterocycles. The van der Waals surface area contributed by atoms with Crippen LogP contribution in [0.2, 0.25) is 0 Å². The zero-order chi connectivity index (χ0) is 7.56. The van der Waals surface area contributed by atoms with Crippen LogP contribution in [0.4, 0.5) is 0 Å². The second-order valence-corrected chi connectivity index (χ2v) is 3.80. The van der Waals surface area contributed by atoms with E-state index in [-0.39, 0.29) is 0 Å². The van der Waals surface area contributed by atoms with Crippen LogP contribution < -0.4 is 0 Å². The molecule has 3 heteroatoms. The molecular weight excluding hydrogens is 354 g/mol. The first kappa shape index (κ1) is 8.96. The fourth-order valence-corrected chi connectivity index (χ4v) is 2.89. The number of carbonyl (C=O) groups is 1. The van der Waals surface area contributed by atoms with Gasteiger partial charge >= 0.3 is 0 Å². The summed E-state index contributed by atoms with van der Waals surface area (Å²) in [5, 5.41) is 0. The summed E-state index contributed by atoms with van der Waals surface area (Å²) in [5.74, 6) is 0.376. The van der Waals surface area contributed by atoms with Crippen LogP contribution in [0.3, 0.4) is 0 Å². The van der Waals surface area contributed by atoms with Gasteiger partial charge < -0.3 is 0 Å². The van der Waals surface area contributed by atoms with E-state index >= 15 is 0 Å². The molecule has 0 radical (unpaired) electrons. The van der Waals surface area contributed by atoms with Crippen molar-refractivity contribution in [3.63, 3.8) is 0 Å². The summed E-state index contributed by atoms with van der Waals surface area (Å²) < 4.78 is 1.93. The number of Topliss-reactive ketones (excluding diaryl/α,β-unsaturated/α-hetero) is 1. The second kappa shape index (κ2) is 4.04. The normalized spacial score (nSPS) is 18.8. The third kappa shape index (κ3) is 1.72. The Morgan fingerprint density at radius 1 is 1.20 bits per heavy atom. The highest BCUT2D eigenvalue weighted by Gasteiger charge is 2.20. The van der Waals surface area contributed by atoms with Crippen molar-refractivity contribution in [3.8, 4) is 0 Å². The third-order valence-corrected chi connectivity index (χ3v) is 3.40. The lowest BCUT2D eigenvalue weighted by molar-refractivity contribution is -0.114. The number of hydrogen-bond donors (Lipinski definition) is 0. The van der Waals surface area contributed by atoms with Gasteiger partial charge in [0.1, 0.15) is 0 Å². The monoisotopic (exact) mass is 362 g/mol. The molecule has 0 heterocycles. The van der Waals surface area contributed by atoms with Gasteiger partial charge in [0.2, 0.25) is 0 Å². The van der Waals surface area contributed by atoms with Gasteiger partial charge in [0.15, 0.2) is 5.78 Å². The molecule has 0 unspecified atom stereocenters. The molecule has 0 N–H and O–H groups in total. The van der Waals surface area contributed by atoms with Crippen LogP contribution in [-0.2, 0) is 4.79 Å². The molecule has 0 amide bonds. The largest absolute Gasteiger partial charge is 0.295 e. The van der Waals surface area contributed by atoms with Gasteiger partial charge in [-0.2, -0.15) is 0 Å². The van der Waals surface area contributed by atoms with Crippen LogP contribution in [0.15, 0.2) is 11.1 Å². The van der Waals surface area contributed by atoms with Crippen LogP contribution >= 0.6 is 45.2 Å². The number of hydrogen-bond acceptors (Lipinski definition) is 1. The first-order valence-electron chi connectivity index (χ1n) is 3.15. The number of rotatable bonds is 2. The average Bonchev–Trinajstić information content (AvgIpc) is 2.30. The molecule has 10 heavy (non-hydrogen) atoms. The van der Waals surface area contributed by atoms with E-state index in [0.29, 0.717) is 5.78 Å². The molecule has 0 bridgehead atoms. The van der Waals surface area contributed by atoms with E-state index in [2.05, 4.69) is 45.2 Å². The second-order valence-electron chi connectivity index (χ2n) is 2.27. The summed E-state index contributed by atoms with van der Waals surface area (Å²) in [4.78, 5) is 11.1. The molecule has 0 spiro atoms. The van der Waals surface area contributed by atoms with E-state index in [1.807, 2.05) is 0 Å². The maximum atomic E-state index is 11.1. The summed E-state index contributed by atoms with van der Waals surface area (Å²) in [6.07, 6.45) is 1.77. The Hall–Kier alpha value is 0.870. The van der Waals surface area contributed by atoms with Crippen molar-refractivity contribution in [2.75, 3.05) is 8.86 Å². The minimum Gasteiger partial charge on any atom is -0.295 e. The van der Waals surface area contributed by atoms with Crippen LogP contribution in [0.25, 0.3) is 0 Å². The minimum absolute atomic E-state index is 0.376. The summed E-state index contributed by atoms with van der Waals surface area (Å²) in [5.41, 5.74) is 2.47. The quantitative estimate of drug-likeness (QED) is 0.545. The Morgan fingerprint density at radius 3 is 2.30 bits per heavy atom. The van der Waals surface area contributed by atoms with E-state index in [9.17, 15) is 4.79 Å². The number of carbonyl (C=O) groups excluding carboxylic acids is 1. The molecule has 1 nitrogen and oxygen atoms in total. The van der Waals surface area contributed by atoms with Gasteiger partial charge in [0, 0.05) is 20.8 Å². The predicted octanol–water partition coefficient (Wildman–Crippen LogP) is 2.52. The highest BCUT2D eigenvalue weighted by Crippen LogP contribution is 2.25. The van der Waals surface area contributed by atoms with E-state index in [1.165, 1.54) is 5.57 Å². The molecule has 0 aromatic rings. The molecular formula is C7H8I2O. The fraction of sp³-hybridized carbons (Fsp3) is 0.571. The molecule has 0 aliphatic heterocycles. The maximum absolute atomic E-state index is 11.1. The summed E-state index contributed by atoms with van der Waals surface area (Å²) >= 11 is 4.59. The maximum Gasteiger partial charge on any atom is 0.159 e. The van der Waals surface area contributed by atoms with Crippen LogP contribution in [-0.4, -0.2) is 14.6 Å². The van der Waals surface area contributed by atoms with Gasteiger partial charge in [0.25, 0.3) is 0 Å². The summed E-state index contributed by atoms with van der Waals surface area (Å²) in [6, 6.07) is 0. The van der Waals surface area contributed by atoms with Crippen LogP contribution in [0.5, 0.6) is 0 Å². The minimum atomic E-state index is 0.376. The molecule has 56 valence electrons. The molecule has 0 atom stereocenters. The first-order valence-corrected chi connectivity index (χ1v) is 6.20. The third-order valence-electron chi connectivity index (χ3n) is 1.71. The first-order chi connectivity index (χ1) is 4.79. The SMILES string of the molecule is O=C1CCC(CI)=C1CI. The van der Waals surface area contributed by atoms with Crippen molar-refractivity contribution in [3.05, 3.63) is 11.1 Å². The number of halogens is 2. The topological polar surface area (TPSA) is 17.1 Å². The van der Waals surface area contributed by atoms with Gasteiger partial charge in [-0.05, 0) is 6.42 Å². The van der Waals surface area contributed by atoms with E-state index in [1.54, 1.807) is 0 Å². The molecule has 0 aromatic carbocycles. The van der Waals surface area contributed by atoms with E-state index in [4.69, 9.17) is 0 Å². The summed E-state index contributed by atoms with van der Waals surface area (Å²) in [6.45, 7) is 0. The zero-order valence-corrected chi connectivity index (χ0v) is 9.81. The number of ketones is 1.